The average molecular weight is 294 g/mol. The minimum atomic E-state index is -0.0916. The van der Waals surface area contributed by atoms with Crippen LogP contribution in [0.5, 0.6) is 5.88 Å². The van der Waals surface area contributed by atoms with Gasteiger partial charge in [-0.25, -0.2) is 4.98 Å². The lowest BCUT2D eigenvalue weighted by Crippen LogP contribution is -2.19. The Hall–Kier alpha value is -1.36. The molecule has 0 fully saturated rings. The molecule has 120 valence electrons. The lowest BCUT2D eigenvalue weighted by atomic mass is 9.96. The molecular weight excluding hydrogens is 264 g/mol. The fourth-order valence-corrected chi connectivity index (χ4v) is 1.74. The molecule has 0 radical (unpaired) electrons. The van der Waals surface area contributed by atoms with Crippen LogP contribution >= 0.6 is 0 Å². The van der Waals surface area contributed by atoms with Crippen LogP contribution < -0.4 is 10.1 Å². The van der Waals surface area contributed by atoms with Crippen LogP contribution in [0.15, 0.2) is 6.07 Å². The number of anilines is 1. The zero-order chi connectivity index (χ0) is 15.9. The van der Waals surface area contributed by atoms with Crippen molar-refractivity contribution in [2.75, 3.05) is 39.1 Å². The van der Waals surface area contributed by atoms with E-state index in [0.717, 1.165) is 37.6 Å². The van der Waals surface area contributed by atoms with Crippen molar-refractivity contribution in [3.05, 3.63) is 11.9 Å². The Morgan fingerprint density at radius 1 is 1.24 bits per heavy atom. The molecule has 1 aromatic rings. The first-order chi connectivity index (χ1) is 9.82. The molecule has 0 saturated carbocycles. The van der Waals surface area contributed by atoms with Gasteiger partial charge < -0.3 is 15.0 Å². The molecule has 0 amide bonds. The quantitative estimate of drug-likeness (QED) is 0.747. The first-order valence-electron chi connectivity index (χ1n) is 7.74. The number of hydrogen-bond donors (Lipinski definition) is 1. The Bertz CT molecular complexity index is 427. The lowest BCUT2D eigenvalue weighted by molar-refractivity contribution is 0.301. The third-order valence-corrected chi connectivity index (χ3v) is 2.92. The van der Waals surface area contributed by atoms with Crippen molar-refractivity contribution in [2.24, 2.45) is 0 Å². The first-order valence-corrected chi connectivity index (χ1v) is 7.74. The number of nitrogens with one attached hydrogen (secondary N) is 1. The second-order valence-electron chi connectivity index (χ2n) is 6.60. The van der Waals surface area contributed by atoms with Crippen LogP contribution in [0, 0.1) is 0 Å². The number of aromatic nitrogens is 2. The predicted octanol–water partition coefficient (Wildman–Crippen LogP) is 2.93. The van der Waals surface area contributed by atoms with Crippen molar-refractivity contribution in [3.63, 3.8) is 0 Å². The molecule has 0 saturated heterocycles. The standard InChI is InChI=1S/C16H30N4O/c1-7-11-21-14-12-13(17-9-8-10-20(5)6)18-15(19-14)16(2,3)4/h12H,7-11H2,1-6H3,(H,17,18,19). The van der Waals surface area contributed by atoms with Crippen molar-refractivity contribution in [2.45, 2.75) is 46.0 Å². The highest BCUT2D eigenvalue weighted by Crippen LogP contribution is 2.23. The molecule has 0 spiro atoms. The molecule has 0 aliphatic rings. The van der Waals surface area contributed by atoms with Gasteiger partial charge in [-0.1, -0.05) is 27.7 Å². The number of rotatable bonds is 8. The molecule has 5 heteroatoms. The number of hydrogen-bond acceptors (Lipinski definition) is 5. The molecule has 0 unspecified atom stereocenters. The zero-order valence-corrected chi connectivity index (χ0v) is 14.4. The summed E-state index contributed by atoms with van der Waals surface area (Å²) >= 11 is 0. The Balaban J connectivity index is 2.76. The highest BCUT2D eigenvalue weighted by atomic mass is 16.5. The van der Waals surface area contributed by atoms with Crippen molar-refractivity contribution in [3.8, 4) is 5.88 Å². The lowest BCUT2D eigenvalue weighted by Gasteiger charge is -2.19. The maximum absolute atomic E-state index is 5.68. The smallest absolute Gasteiger partial charge is 0.218 e. The van der Waals surface area contributed by atoms with E-state index in [0.29, 0.717) is 12.5 Å². The summed E-state index contributed by atoms with van der Waals surface area (Å²) < 4.78 is 5.68. The van der Waals surface area contributed by atoms with Gasteiger partial charge in [-0.3, -0.25) is 0 Å². The summed E-state index contributed by atoms with van der Waals surface area (Å²) in [5.74, 6) is 2.32. The average Bonchev–Trinajstić information content (AvgIpc) is 2.40. The Kier molecular flexibility index (Phi) is 6.89. The van der Waals surface area contributed by atoms with E-state index in [2.05, 4.69) is 62.0 Å². The second kappa shape index (κ2) is 8.17. The van der Waals surface area contributed by atoms with E-state index in [4.69, 9.17) is 4.74 Å². The van der Waals surface area contributed by atoms with E-state index in [1.54, 1.807) is 0 Å². The monoisotopic (exact) mass is 294 g/mol. The summed E-state index contributed by atoms with van der Waals surface area (Å²) in [4.78, 5) is 11.3. The molecule has 21 heavy (non-hydrogen) atoms. The summed E-state index contributed by atoms with van der Waals surface area (Å²) in [6.07, 6.45) is 2.05. The summed E-state index contributed by atoms with van der Waals surface area (Å²) in [6, 6.07) is 1.89. The fourth-order valence-electron chi connectivity index (χ4n) is 1.74. The summed E-state index contributed by atoms with van der Waals surface area (Å²) in [7, 11) is 4.16. The first kappa shape index (κ1) is 17.7. The molecule has 1 heterocycles. The predicted molar refractivity (Wildman–Crippen MR) is 88.2 cm³/mol. The summed E-state index contributed by atoms with van der Waals surface area (Å²) in [5, 5.41) is 3.37. The largest absolute Gasteiger partial charge is 0.478 e. The minimum Gasteiger partial charge on any atom is -0.478 e. The molecule has 1 rings (SSSR count). The fraction of sp³-hybridized carbons (Fsp3) is 0.750. The Morgan fingerprint density at radius 2 is 1.95 bits per heavy atom. The molecule has 0 aromatic carbocycles. The normalized spacial score (nSPS) is 11.8. The third kappa shape index (κ3) is 6.76. The van der Waals surface area contributed by atoms with Gasteiger partial charge >= 0.3 is 0 Å². The van der Waals surface area contributed by atoms with Gasteiger partial charge in [0.25, 0.3) is 0 Å². The molecule has 0 bridgehead atoms. The van der Waals surface area contributed by atoms with Crippen LogP contribution in [0.3, 0.4) is 0 Å². The van der Waals surface area contributed by atoms with Crippen LogP contribution in [0.25, 0.3) is 0 Å². The minimum absolute atomic E-state index is 0.0916. The van der Waals surface area contributed by atoms with Gasteiger partial charge in [0.2, 0.25) is 5.88 Å². The van der Waals surface area contributed by atoms with Crippen molar-refractivity contribution >= 4 is 5.82 Å². The summed E-state index contributed by atoms with van der Waals surface area (Å²) in [6.45, 7) is 11.1. The van der Waals surface area contributed by atoms with Gasteiger partial charge in [0.1, 0.15) is 11.6 Å². The topological polar surface area (TPSA) is 50.3 Å². The molecule has 0 aliphatic heterocycles. The van der Waals surface area contributed by atoms with Gasteiger partial charge in [0.05, 0.1) is 6.61 Å². The SMILES string of the molecule is CCCOc1cc(NCCCN(C)C)nc(C(C)(C)C)n1. The van der Waals surface area contributed by atoms with Crippen molar-refractivity contribution in [1.82, 2.24) is 14.9 Å². The Labute approximate surface area is 129 Å². The maximum Gasteiger partial charge on any atom is 0.218 e. The van der Waals surface area contributed by atoms with E-state index in [1.807, 2.05) is 6.07 Å². The van der Waals surface area contributed by atoms with E-state index in [-0.39, 0.29) is 5.41 Å². The van der Waals surface area contributed by atoms with E-state index < -0.39 is 0 Å². The van der Waals surface area contributed by atoms with Gasteiger partial charge in [-0.2, -0.15) is 4.98 Å². The molecule has 5 nitrogen and oxygen atoms in total. The van der Waals surface area contributed by atoms with Crippen LogP contribution in [0.1, 0.15) is 46.4 Å². The van der Waals surface area contributed by atoms with Gasteiger partial charge in [0.15, 0.2) is 0 Å². The van der Waals surface area contributed by atoms with Crippen LogP contribution in [0.2, 0.25) is 0 Å². The van der Waals surface area contributed by atoms with E-state index >= 15 is 0 Å². The van der Waals surface area contributed by atoms with E-state index in [1.165, 1.54) is 0 Å². The third-order valence-electron chi connectivity index (χ3n) is 2.92. The summed E-state index contributed by atoms with van der Waals surface area (Å²) in [5.41, 5.74) is -0.0916. The molecular formula is C16H30N4O. The van der Waals surface area contributed by atoms with Gasteiger partial charge in [-0.05, 0) is 33.5 Å². The van der Waals surface area contributed by atoms with E-state index in [9.17, 15) is 0 Å². The van der Waals surface area contributed by atoms with Gasteiger partial charge in [0, 0.05) is 18.0 Å². The molecule has 0 aliphatic carbocycles. The molecule has 1 N–H and O–H groups in total. The second-order valence-corrected chi connectivity index (χ2v) is 6.60. The van der Waals surface area contributed by atoms with Crippen LogP contribution in [0.4, 0.5) is 5.82 Å². The van der Waals surface area contributed by atoms with Crippen molar-refractivity contribution in [1.29, 1.82) is 0 Å². The number of nitrogens with zero attached hydrogens (tertiary/aromatic N) is 3. The maximum atomic E-state index is 5.68. The Morgan fingerprint density at radius 3 is 2.52 bits per heavy atom. The highest BCUT2D eigenvalue weighted by molar-refractivity contribution is 5.39. The van der Waals surface area contributed by atoms with Crippen LogP contribution in [-0.2, 0) is 5.41 Å². The highest BCUT2D eigenvalue weighted by Gasteiger charge is 2.19. The number of ether oxygens (including phenoxy) is 1. The zero-order valence-electron chi connectivity index (χ0n) is 14.4. The van der Waals surface area contributed by atoms with Gasteiger partial charge in [-0.15, -0.1) is 0 Å². The van der Waals surface area contributed by atoms with Crippen LogP contribution in [-0.4, -0.2) is 48.7 Å². The van der Waals surface area contributed by atoms with Crippen molar-refractivity contribution < 1.29 is 4.74 Å². The molecule has 1 aromatic heterocycles. The molecule has 0 atom stereocenters.